The summed E-state index contributed by atoms with van der Waals surface area (Å²) < 4.78 is 5.24. The Kier molecular flexibility index (Phi) is 3.93. The van der Waals surface area contributed by atoms with Crippen molar-refractivity contribution in [3.8, 4) is 0 Å². The third-order valence-corrected chi connectivity index (χ3v) is 3.54. The summed E-state index contributed by atoms with van der Waals surface area (Å²) in [4.78, 5) is 14.8. The van der Waals surface area contributed by atoms with Crippen LogP contribution in [0.5, 0.6) is 0 Å². The van der Waals surface area contributed by atoms with Crippen molar-refractivity contribution in [3.63, 3.8) is 0 Å². The van der Waals surface area contributed by atoms with Crippen LogP contribution in [0.1, 0.15) is 4.88 Å². The summed E-state index contributed by atoms with van der Waals surface area (Å²) in [5.41, 5.74) is 0. The number of morpholine rings is 1. The number of thiophene rings is 1. The van der Waals surface area contributed by atoms with Crippen molar-refractivity contribution >= 4 is 17.2 Å². The van der Waals surface area contributed by atoms with Gasteiger partial charge in [-0.1, -0.05) is 6.07 Å². The van der Waals surface area contributed by atoms with E-state index < -0.39 is 0 Å². The van der Waals surface area contributed by atoms with E-state index in [9.17, 15) is 4.79 Å². The highest BCUT2D eigenvalue weighted by molar-refractivity contribution is 7.10. The normalized spacial score (nSPS) is 21.1. The predicted octanol–water partition coefficient (Wildman–Crippen LogP) is 0.510. The molecule has 0 aliphatic carbocycles. The number of amides is 1. The van der Waals surface area contributed by atoms with Gasteiger partial charge in [0.05, 0.1) is 32.3 Å². The van der Waals surface area contributed by atoms with Gasteiger partial charge in [0.2, 0.25) is 5.91 Å². The number of aliphatic hydroxyl groups is 1. The lowest BCUT2D eigenvalue weighted by atomic mass is 10.2. The zero-order chi connectivity index (χ0) is 11.4. The van der Waals surface area contributed by atoms with E-state index in [1.54, 1.807) is 16.2 Å². The summed E-state index contributed by atoms with van der Waals surface area (Å²) in [5.74, 6) is 0.0739. The van der Waals surface area contributed by atoms with E-state index in [0.717, 1.165) is 4.88 Å². The maximum Gasteiger partial charge on any atom is 0.228 e. The maximum atomic E-state index is 12.0. The second-order valence-electron chi connectivity index (χ2n) is 3.75. The minimum Gasteiger partial charge on any atom is -0.394 e. The quantitative estimate of drug-likeness (QED) is 0.839. The summed E-state index contributed by atoms with van der Waals surface area (Å²) in [6.45, 7) is 1.55. The Bertz CT molecular complexity index is 339. The standard InChI is InChI=1S/C11H15NO3S/c13-7-9-8-15-4-3-12(9)11(14)6-10-2-1-5-16-10/h1-2,5,9,13H,3-4,6-8H2. The molecule has 0 spiro atoms. The Balaban J connectivity index is 1.97. The molecule has 0 saturated carbocycles. The summed E-state index contributed by atoms with van der Waals surface area (Å²) in [5, 5.41) is 11.1. The number of hydrogen-bond acceptors (Lipinski definition) is 4. The molecule has 5 heteroatoms. The van der Waals surface area contributed by atoms with Crippen molar-refractivity contribution in [3.05, 3.63) is 22.4 Å². The molecule has 1 atom stereocenters. The molecule has 88 valence electrons. The Morgan fingerprint density at radius 1 is 1.69 bits per heavy atom. The van der Waals surface area contributed by atoms with Crippen molar-refractivity contribution in [1.82, 2.24) is 4.90 Å². The lowest BCUT2D eigenvalue weighted by Crippen LogP contribution is -2.50. The van der Waals surface area contributed by atoms with Gasteiger partial charge in [-0.3, -0.25) is 4.79 Å². The highest BCUT2D eigenvalue weighted by Gasteiger charge is 2.26. The topological polar surface area (TPSA) is 49.8 Å². The van der Waals surface area contributed by atoms with Crippen LogP contribution in [-0.2, 0) is 16.0 Å². The zero-order valence-electron chi connectivity index (χ0n) is 8.96. The Morgan fingerprint density at radius 3 is 3.25 bits per heavy atom. The first kappa shape index (κ1) is 11.6. The second-order valence-corrected chi connectivity index (χ2v) is 4.79. The molecule has 1 fully saturated rings. The summed E-state index contributed by atoms with van der Waals surface area (Å²) in [6, 6.07) is 3.72. The van der Waals surface area contributed by atoms with Crippen LogP contribution in [0.15, 0.2) is 17.5 Å². The number of nitrogens with zero attached hydrogens (tertiary/aromatic N) is 1. The van der Waals surface area contributed by atoms with Crippen LogP contribution < -0.4 is 0 Å². The molecular formula is C11H15NO3S. The van der Waals surface area contributed by atoms with Gasteiger partial charge < -0.3 is 14.7 Å². The molecule has 1 aromatic rings. The molecule has 0 radical (unpaired) electrons. The van der Waals surface area contributed by atoms with Gasteiger partial charge in [0.15, 0.2) is 0 Å². The number of aliphatic hydroxyl groups excluding tert-OH is 1. The molecule has 1 unspecified atom stereocenters. The molecule has 1 N–H and O–H groups in total. The lowest BCUT2D eigenvalue weighted by Gasteiger charge is -2.34. The number of rotatable bonds is 3. The van der Waals surface area contributed by atoms with Gasteiger partial charge >= 0.3 is 0 Å². The van der Waals surface area contributed by atoms with Gasteiger partial charge in [0.1, 0.15) is 0 Å². The minimum atomic E-state index is -0.179. The summed E-state index contributed by atoms with van der Waals surface area (Å²) in [6.07, 6.45) is 0.425. The van der Waals surface area contributed by atoms with Crippen LogP contribution in [0.25, 0.3) is 0 Å². The van der Waals surface area contributed by atoms with Crippen molar-refractivity contribution < 1.29 is 14.6 Å². The number of hydrogen-bond donors (Lipinski definition) is 1. The first-order chi connectivity index (χ1) is 7.81. The molecule has 1 saturated heterocycles. The van der Waals surface area contributed by atoms with Crippen LogP contribution >= 0.6 is 11.3 Å². The van der Waals surface area contributed by atoms with Crippen molar-refractivity contribution in [2.45, 2.75) is 12.5 Å². The molecule has 0 bridgehead atoms. The fourth-order valence-electron chi connectivity index (χ4n) is 1.80. The molecule has 1 aliphatic rings. The Labute approximate surface area is 98.4 Å². The molecule has 4 nitrogen and oxygen atoms in total. The summed E-state index contributed by atoms with van der Waals surface area (Å²) >= 11 is 1.58. The van der Waals surface area contributed by atoms with E-state index in [1.165, 1.54) is 0 Å². The molecule has 1 aromatic heterocycles. The van der Waals surface area contributed by atoms with Gasteiger partial charge in [-0.25, -0.2) is 0 Å². The van der Waals surface area contributed by atoms with E-state index in [0.29, 0.717) is 26.2 Å². The molecule has 0 aromatic carbocycles. The zero-order valence-corrected chi connectivity index (χ0v) is 9.78. The van der Waals surface area contributed by atoms with Gasteiger partial charge in [-0.15, -0.1) is 11.3 Å². The van der Waals surface area contributed by atoms with Crippen LogP contribution in [0, 0.1) is 0 Å². The highest BCUT2D eigenvalue weighted by atomic mass is 32.1. The third-order valence-electron chi connectivity index (χ3n) is 2.66. The Hall–Kier alpha value is -0.910. The number of carbonyl (C=O) groups excluding carboxylic acids is 1. The van der Waals surface area contributed by atoms with Crippen molar-refractivity contribution in [2.24, 2.45) is 0 Å². The number of carbonyl (C=O) groups is 1. The molecular weight excluding hydrogens is 226 g/mol. The third kappa shape index (κ3) is 2.61. The molecule has 16 heavy (non-hydrogen) atoms. The molecule has 2 rings (SSSR count). The predicted molar refractivity (Wildman–Crippen MR) is 61.4 cm³/mol. The fraction of sp³-hybridized carbons (Fsp3) is 0.545. The average Bonchev–Trinajstić information content (AvgIpc) is 2.81. The minimum absolute atomic E-state index is 0.0316. The van der Waals surface area contributed by atoms with Crippen LogP contribution in [0.4, 0.5) is 0 Å². The van der Waals surface area contributed by atoms with E-state index in [1.807, 2.05) is 17.5 Å². The summed E-state index contributed by atoms with van der Waals surface area (Å²) in [7, 11) is 0. The highest BCUT2D eigenvalue weighted by Crippen LogP contribution is 2.13. The molecule has 2 heterocycles. The van der Waals surface area contributed by atoms with Crippen molar-refractivity contribution in [1.29, 1.82) is 0 Å². The molecule has 1 aliphatic heterocycles. The lowest BCUT2D eigenvalue weighted by molar-refractivity contribution is -0.140. The van der Waals surface area contributed by atoms with E-state index in [2.05, 4.69) is 0 Å². The van der Waals surface area contributed by atoms with Crippen LogP contribution in [-0.4, -0.2) is 48.3 Å². The van der Waals surface area contributed by atoms with E-state index in [4.69, 9.17) is 9.84 Å². The van der Waals surface area contributed by atoms with Crippen LogP contribution in [0.2, 0.25) is 0 Å². The molecule has 1 amide bonds. The van der Waals surface area contributed by atoms with Gasteiger partial charge in [-0.05, 0) is 11.4 Å². The van der Waals surface area contributed by atoms with Gasteiger partial charge in [-0.2, -0.15) is 0 Å². The average molecular weight is 241 g/mol. The van der Waals surface area contributed by atoms with E-state index in [-0.39, 0.29) is 18.6 Å². The van der Waals surface area contributed by atoms with Crippen LogP contribution in [0.3, 0.4) is 0 Å². The number of ether oxygens (including phenoxy) is 1. The second kappa shape index (κ2) is 5.43. The SMILES string of the molecule is O=C(Cc1cccs1)N1CCOCC1CO. The van der Waals surface area contributed by atoms with E-state index >= 15 is 0 Å². The first-order valence-electron chi connectivity index (χ1n) is 5.31. The monoisotopic (exact) mass is 241 g/mol. The van der Waals surface area contributed by atoms with Crippen molar-refractivity contribution in [2.75, 3.05) is 26.4 Å². The maximum absolute atomic E-state index is 12.0. The largest absolute Gasteiger partial charge is 0.394 e. The first-order valence-corrected chi connectivity index (χ1v) is 6.19. The fourth-order valence-corrected chi connectivity index (χ4v) is 2.49. The Morgan fingerprint density at radius 2 is 2.56 bits per heavy atom. The van der Waals surface area contributed by atoms with Gasteiger partial charge in [0, 0.05) is 11.4 Å². The smallest absolute Gasteiger partial charge is 0.228 e. The van der Waals surface area contributed by atoms with Gasteiger partial charge in [0.25, 0.3) is 0 Å².